The first kappa shape index (κ1) is 11.1. The SMILES string of the molecule is CCOC(=O)C1NC(=O)CC1c1cscn1. The van der Waals surface area contributed by atoms with Crippen LogP contribution in [0.4, 0.5) is 0 Å². The predicted octanol–water partition coefficient (Wildman–Crippen LogP) is 0.678. The molecular weight excluding hydrogens is 228 g/mol. The number of ether oxygens (including phenoxy) is 1. The predicted molar refractivity (Wildman–Crippen MR) is 58.0 cm³/mol. The summed E-state index contributed by atoms with van der Waals surface area (Å²) in [7, 11) is 0. The van der Waals surface area contributed by atoms with E-state index in [1.54, 1.807) is 12.4 Å². The van der Waals surface area contributed by atoms with Crippen LogP contribution < -0.4 is 5.32 Å². The summed E-state index contributed by atoms with van der Waals surface area (Å²) in [6.45, 7) is 2.06. The van der Waals surface area contributed by atoms with E-state index in [0.717, 1.165) is 5.69 Å². The molecule has 2 atom stereocenters. The molecule has 2 heterocycles. The first-order chi connectivity index (χ1) is 7.72. The summed E-state index contributed by atoms with van der Waals surface area (Å²) in [5.74, 6) is -0.708. The van der Waals surface area contributed by atoms with Gasteiger partial charge in [0, 0.05) is 17.7 Å². The van der Waals surface area contributed by atoms with E-state index < -0.39 is 6.04 Å². The molecule has 1 aromatic rings. The number of nitrogens with one attached hydrogen (secondary N) is 1. The molecule has 1 N–H and O–H groups in total. The van der Waals surface area contributed by atoms with Gasteiger partial charge in [-0.2, -0.15) is 0 Å². The molecule has 0 bridgehead atoms. The third-order valence-electron chi connectivity index (χ3n) is 2.50. The first-order valence-electron chi connectivity index (χ1n) is 5.06. The molecule has 0 radical (unpaired) electrons. The Labute approximate surface area is 96.8 Å². The second-order valence-corrected chi connectivity index (χ2v) is 4.24. The van der Waals surface area contributed by atoms with Crippen molar-refractivity contribution in [1.82, 2.24) is 10.3 Å². The lowest BCUT2D eigenvalue weighted by Crippen LogP contribution is -2.37. The highest BCUT2D eigenvalue weighted by molar-refractivity contribution is 7.07. The third kappa shape index (κ3) is 2.06. The fraction of sp³-hybridized carbons (Fsp3) is 0.500. The Morgan fingerprint density at radius 2 is 2.56 bits per heavy atom. The van der Waals surface area contributed by atoms with Gasteiger partial charge in [-0.05, 0) is 6.92 Å². The topological polar surface area (TPSA) is 68.3 Å². The molecule has 2 unspecified atom stereocenters. The lowest BCUT2D eigenvalue weighted by molar-refractivity contribution is -0.146. The van der Waals surface area contributed by atoms with Gasteiger partial charge in [0.25, 0.3) is 0 Å². The molecule has 6 heteroatoms. The van der Waals surface area contributed by atoms with Crippen LogP contribution in [-0.2, 0) is 14.3 Å². The first-order valence-corrected chi connectivity index (χ1v) is 6.00. The average Bonchev–Trinajstić information content (AvgIpc) is 2.85. The monoisotopic (exact) mass is 240 g/mol. The number of hydrogen-bond acceptors (Lipinski definition) is 5. The average molecular weight is 240 g/mol. The lowest BCUT2D eigenvalue weighted by Gasteiger charge is -2.15. The molecule has 2 rings (SSSR count). The molecule has 1 aromatic heterocycles. The van der Waals surface area contributed by atoms with Crippen molar-refractivity contribution in [2.45, 2.75) is 25.3 Å². The summed E-state index contributed by atoms with van der Waals surface area (Å²) in [5, 5.41) is 4.49. The molecule has 16 heavy (non-hydrogen) atoms. The minimum atomic E-state index is -0.588. The van der Waals surface area contributed by atoms with E-state index in [4.69, 9.17) is 4.74 Å². The van der Waals surface area contributed by atoms with Crippen molar-refractivity contribution in [2.75, 3.05) is 6.61 Å². The molecule has 86 valence electrons. The van der Waals surface area contributed by atoms with Crippen molar-refractivity contribution >= 4 is 23.2 Å². The Hall–Kier alpha value is -1.43. The summed E-state index contributed by atoms with van der Waals surface area (Å²) < 4.78 is 4.92. The zero-order valence-electron chi connectivity index (χ0n) is 8.80. The molecule has 1 fully saturated rings. The highest BCUT2D eigenvalue weighted by Crippen LogP contribution is 2.28. The Morgan fingerprint density at radius 3 is 3.19 bits per heavy atom. The second-order valence-electron chi connectivity index (χ2n) is 3.52. The van der Waals surface area contributed by atoms with Crippen LogP contribution in [-0.4, -0.2) is 29.5 Å². The maximum absolute atomic E-state index is 11.6. The van der Waals surface area contributed by atoms with Crippen LogP contribution in [0, 0.1) is 0 Å². The molecule has 1 aliphatic heterocycles. The van der Waals surface area contributed by atoms with E-state index in [2.05, 4.69) is 10.3 Å². The largest absolute Gasteiger partial charge is 0.464 e. The zero-order chi connectivity index (χ0) is 11.5. The maximum atomic E-state index is 11.6. The standard InChI is InChI=1S/C10H12N2O3S/c1-2-15-10(14)9-6(3-8(13)12-9)7-4-16-5-11-7/h4-6,9H,2-3H2,1H3,(H,12,13). The minimum Gasteiger partial charge on any atom is -0.464 e. The van der Waals surface area contributed by atoms with Crippen LogP contribution >= 0.6 is 11.3 Å². The van der Waals surface area contributed by atoms with Gasteiger partial charge in [0.15, 0.2) is 0 Å². The lowest BCUT2D eigenvalue weighted by atomic mass is 9.98. The van der Waals surface area contributed by atoms with Crippen molar-refractivity contribution in [3.63, 3.8) is 0 Å². The summed E-state index contributed by atoms with van der Waals surface area (Å²) in [4.78, 5) is 27.1. The van der Waals surface area contributed by atoms with Crippen molar-refractivity contribution in [2.24, 2.45) is 0 Å². The normalized spacial score (nSPS) is 24.2. The maximum Gasteiger partial charge on any atom is 0.329 e. The van der Waals surface area contributed by atoms with Crippen LogP contribution in [0.2, 0.25) is 0 Å². The van der Waals surface area contributed by atoms with Crippen LogP contribution in [0.5, 0.6) is 0 Å². The van der Waals surface area contributed by atoms with Crippen molar-refractivity contribution in [3.05, 3.63) is 16.6 Å². The van der Waals surface area contributed by atoms with Gasteiger partial charge in [-0.15, -0.1) is 11.3 Å². The number of esters is 1. The molecule has 0 aromatic carbocycles. The summed E-state index contributed by atoms with van der Waals surface area (Å²) >= 11 is 1.45. The van der Waals surface area contributed by atoms with E-state index in [-0.39, 0.29) is 17.8 Å². The van der Waals surface area contributed by atoms with Crippen molar-refractivity contribution in [1.29, 1.82) is 0 Å². The smallest absolute Gasteiger partial charge is 0.329 e. The molecule has 0 spiro atoms. The number of aromatic nitrogens is 1. The molecule has 1 saturated heterocycles. The number of rotatable bonds is 3. The number of nitrogens with zero attached hydrogens (tertiary/aromatic N) is 1. The molecular formula is C10H12N2O3S. The fourth-order valence-electron chi connectivity index (χ4n) is 1.79. The number of carbonyl (C=O) groups excluding carboxylic acids is 2. The van der Waals surface area contributed by atoms with Gasteiger partial charge in [0.1, 0.15) is 6.04 Å². The van der Waals surface area contributed by atoms with Gasteiger partial charge in [-0.25, -0.2) is 9.78 Å². The summed E-state index contributed by atoms with van der Waals surface area (Å²) in [6, 6.07) is -0.588. The Bertz CT molecular complexity index is 391. The summed E-state index contributed by atoms with van der Waals surface area (Å²) in [6.07, 6.45) is 0.299. The number of amides is 1. The van der Waals surface area contributed by atoms with Gasteiger partial charge >= 0.3 is 5.97 Å². The Morgan fingerprint density at radius 1 is 1.75 bits per heavy atom. The van der Waals surface area contributed by atoms with Gasteiger partial charge in [0.05, 0.1) is 17.8 Å². The minimum absolute atomic E-state index is 0.129. The quantitative estimate of drug-likeness (QED) is 0.789. The van der Waals surface area contributed by atoms with Crippen LogP contribution in [0.3, 0.4) is 0 Å². The van der Waals surface area contributed by atoms with Crippen molar-refractivity contribution < 1.29 is 14.3 Å². The van der Waals surface area contributed by atoms with Crippen LogP contribution in [0.1, 0.15) is 25.0 Å². The molecule has 0 aliphatic carbocycles. The van der Waals surface area contributed by atoms with E-state index >= 15 is 0 Å². The fourth-order valence-corrected chi connectivity index (χ4v) is 2.40. The zero-order valence-corrected chi connectivity index (χ0v) is 9.62. The molecule has 5 nitrogen and oxygen atoms in total. The van der Waals surface area contributed by atoms with Crippen LogP contribution in [0.15, 0.2) is 10.9 Å². The highest BCUT2D eigenvalue weighted by atomic mass is 32.1. The number of thiazole rings is 1. The molecule has 0 saturated carbocycles. The molecule has 1 amide bonds. The van der Waals surface area contributed by atoms with Gasteiger partial charge < -0.3 is 10.1 Å². The number of hydrogen-bond donors (Lipinski definition) is 1. The van der Waals surface area contributed by atoms with Gasteiger partial charge in [-0.3, -0.25) is 4.79 Å². The van der Waals surface area contributed by atoms with E-state index in [1.807, 2.05) is 5.38 Å². The van der Waals surface area contributed by atoms with Crippen molar-refractivity contribution in [3.8, 4) is 0 Å². The van der Waals surface area contributed by atoms with E-state index in [9.17, 15) is 9.59 Å². The Kier molecular flexibility index (Phi) is 3.19. The van der Waals surface area contributed by atoms with Crippen LogP contribution in [0.25, 0.3) is 0 Å². The van der Waals surface area contributed by atoms with E-state index in [0.29, 0.717) is 13.0 Å². The molecule has 1 aliphatic rings. The highest BCUT2D eigenvalue weighted by Gasteiger charge is 2.40. The van der Waals surface area contributed by atoms with E-state index in [1.165, 1.54) is 11.3 Å². The Balaban J connectivity index is 2.16. The summed E-state index contributed by atoms with van der Waals surface area (Å²) in [5.41, 5.74) is 2.47. The van der Waals surface area contributed by atoms with Gasteiger partial charge in [-0.1, -0.05) is 0 Å². The third-order valence-corrected chi connectivity index (χ3v) is 3.10. The second kappa shape index (κ2) is 4.61. The van der Waals surface area contributed by atoms with Gasteiger partial charge in [0.2, 0.25) is 5.91 Å². The number of carbonyl (C=O) groups is 2.